The van der Waals surface area contributed by atoms with Gasteiger partial charge in [-0.25, -0.2) is 8.78 Å². The molecule has 110 valence electrons. The van der Waals surface area contributed by atoms with Crippen molar-refractivity contribution in [1.82, 2.24) is 5.32 Å². The van der Waals surface area contributed by atoms with E-state index in [1.54, 1.807) is 0 Å². The molecule has 5 nitrogen and oxygen atoms in total. The number of nitrogens with zero attached hydrogens (tertiary/aromatic N) is 1. The minimum Gasteiger partial charge on any atom is -0.354 e. The second kappa shape index (κ2) is 4.91. The van der Waals surface area contributed by atoms with Gasteiger partial charge in [-0.15, -0.1) is 0 Å². The van der Waals surface area contributed by atoms with Gasteiger partial charge in [0.2, 0.25) is 5.91 Å². The SMILES string of the molecule is O=C(CN1C(=O)C(=O)c2c(F)ccc(F)c21)NCC1CC1. The molecule has 21 heavy (non-hydrogen) atoms. The largest absolute Gasteiger partial charge is 0.354 e. The van der Waals surface area contributed by atoms with Crippen LogP contribution in [0.5, 0.6) is 0 Å². The highest BCUT2D eigenvalue weighted by atomic mass is 19.1. The van der Waals surface area contributed by atoms with Crippen LogP contribution in [0.3, 0.4) is 0 Å². The van der Waals surface area contributed by atoms with Crippen LogP contribution in [-0.2, 0) is 9.59 Å². The third-order valence-corrected chi connectivity index (χ3v) is 3.60. The van der Waals surface area contributed by atoms with Crippen molar-refractivity contribution < 1.29 is 23.2 Å². The highest BCUT2D eigenvalue weighted by Gasteiger charge is 2.41. The van der Waals surface area contributed by atoms with E-state index in [1.807, 2.05) is 0 Å². The predicted octanol–water partition coefficient (Wildman–Crippen LogP) is 1.02. The van der Waals surface area contributed by atoms with Gasteiger partial charge in [-0.3, -0.25) is 19.3 Å². The van der Waals surface area contributed by atoms with Gasteiger partial charge in [0, 0.05) is 6.54 Å². The summed E-state index contributed by atoms with van der Waals surface area (Å²) in [5.41, 5.74) is -1.05. The zero-order valence-corrected chi connectivity index (χ0v) is 11.0. The van der Waals surface area contributed by atoms with Gasteiger partial charge < -0.3 is 5.32 Å². The molecule has 2 amide bonds. The van der Waals surface area contributed by atoms with E-state index < -0.39 is 47.0 Å². The Morgan fingerprint density at radius 2 is 1.90 bits per heavy atom. The first kappa shape index (κ1) is 13.7. The molecule has 1 aliphatic carbocycles. The maximum atomic E-state index is 13.8. The lowest BCUT2D eigenvalue weighted by Crippen LogP contribution is -2.41. The Balaban J connectivity index is 1.83. The number of benzene rings is 1. The first-order valence-corrected chi connectivity index (χ1v) is 6.60. The summed E-state index contributed by atoms with van der Waals surface area (Å²) < 4.78 is 27.4. The molecular weight excluding hydrogens is 282 g/mol. The van der Waals surface area contributed by atoms with Crippen molar-refractivity contribution in [3.8, 4) is 0 Å². The minimum absolute atomic E-state index is 0.450. The van der Waals surface area contributed by atoms with Crippen molar-refractivity contribution in [3.05, 3.63) is 29.3 Å². The maximum Gasteiger partial charge on any atom is 0.300 e. The Labute approximate surface area is 118 Å². The highest BCUT2D eigenvalue weighted by Crippen LogP contribution is 2.33. The first-order chi connectivity index (χ1) is 9.99. The number of rotatable bonds is 4. The summed E-state index contributed by atoms with van der Waals surface area (Å²) in [6.07, 6.45) is 2.09. The normalized spacial score (nSPS) is 17.1. The molecule has 1 heterocycles. The van der Waals surface area contributed by atoms with Gasteiger partial charge in [0.25, 0.3) is 11.7 Å². The number of nitrogens with one attached hydrogen (secondary N) is 1. The quantitative estimate of drug-likeness (QED) is 0.843. The number of Topliss-reactive ketones (excluding diaryl/α,β-unsaturated/α-hetero) is 1. The molecular formula is C14H12F2N2O3. The standard InChI is InChI=1S/C14H12F2N2O3/c15-8-3-4-9(16)12-11(8)13(20)14(21)18(12)6-10(19)17-5-7-1-2-7/h3-4,7H,1-2,5-6H2,(H,17,19). The summed E-state index contributed by atoms with van der Waals surface area (Å²) in [6, 6.07) is 1.62. The lowest BCUT2D eigenvalue weighted by molar-refractivity contribution is -0.122. The summed E-state index contributed by atoms with van der Waals surface area (Å²) in [7, 11) is 0. The fourth-order valence-electron chi connectivity index (χ4n) is 2.28. The molecule has 2 aliphatic rings. The summed E-state index contributed by atoms with van der Waals surface area (Å²) >= 11 is 0. The number of amides is 2. The molecule has 0 saturated heterocycles. The molecule has 1 aromatic rings. The molecule has 3 rings (SSSR count). The number of halogens is 2. The maximum absolute atomic E-state index is 13.8. The van der Waals surface area contributed by atoms with Gasteiger partial charge in [0.05, 0.1) is 11.3 Å². The Bertz CT molecular complexity index is 656. The van der Waals surface area contributed by atoms with Crippen LogP contribution in [0.4, 0.5) is 14.5 Å². The van der Waals surface area contributed by atoms with E-state index in [1.165, 1.54) is 0 Å². The Morgan fingerprint density at radius 1 is 1.24 bits per heavy atom. The molecule has 1 aliphatic heterocycles. The molecule has 1 N–H and O–H groups in total. The van der Waals surface area contributed by atoms with Crippen LogP contribution in [0, 0.1) is 17.6 Å². The number of fused-ring (bicyclic) bond motifs is 1. The lowest BCUT2D eigenvalue weighted by atomic mass is 10.1. The second-order valence-electron chi connectivity index (χ2n) is 5.22. The molecule has 7 heteroatoms. The van der Waals surface area contributed by atoms with Crippen molar-refractivity contribution in [1.29, 1.82) is 0 Å². The number of ketones is 1. The van der Waals surface area contributed by atoms with Crippen molar-refractivity contribution in [2.45, 2.75) is 12.8 Å². The number of hydrogen-bond acceptors (Lipinski definition) is 3. The lowest BCUT2D eigenvalue weighted by Gasteiger charge is -2.16. The van der Waals surface area contributed by atoms with Crippen LogP contribution in [0.2, 0.25) is 0 Å². The summed E-state index contributed by atoms with van der Waals surface area (Å²) in [5.74, 6) is -4.13. The fourth-order valence-corrected chi connectivity index (χ4v) is 2.28. The number of anilines is 1. The Morgan fingerprint density at radius 3 is 2.57 bits per heavy atom. The molecule has 0 atom stereocenters. The Kier molecular flexibility index (Phi) is 3.19. The molecule has 0 bridgehead atoms. The first-order valence-electron chi connectivity index (χ1n) is 6.60. The molecule has 1 saturated carbocycles. The van der Waals surface area contributed by atoms with E-state index >= 15 is 0 Å². The van der Waals surface area contributed by atoms with E-state index in [4.69, 9.17) is 0 Å². The molecule has 0 spiro atoms. The topological polar surface area (TPSA) is 66.5 Å². The smallest absolute Gasteiger partial charge is 0.300 e. The monoisotopic (exact) mass is 294 g/mol. The van der Waals surface area contributed by atoms with Gasteiger partial charge in [-0.1, -0.05) is 0 Å². The van der Waals surface area contributed by atoms with Crippen molar-refractivity contribution >= 4 is 23.3 Å². The van der Waals surface area contributed by atoms with Gasteiger partial charge in [-0.2, -0.15) is 0 Å². The molecule has 0 radical (unpaired) electrons. The fraction of sp³-hybridized carbons (Fsp3) is 0.357. The number of hydrogen-bond donors (Lipinski definition) is 1. The van der Waals surface area contributed by atoms with Gasteiger partial charge in [0.1, 0.15) is 18.2 Å². The van der Waals surface area contributed by atoms with Crippen LogP contribution in [0.25, 0.3) is 0 Å². The van der Waals surface area contributed by atoms with Crippen LogP contribution < -0.4 is 10.2 Å². The van der Waals surface area contributed by atoms with E-state index in [2.05, 4.69) is 5.32 Å². The second-order valence-corrected chi connectivity index (χ2v) is 5.22. The minimum atomic E-state index is -1.13. The van der Waals surface area contributed by atoms with Crippen LogP contribution in [0.1, 0.15) is 23.2 Å². The molecule has 0 unspecified atom stereocenters. The predicted molar refractivity (Wildman–Crippen MR) is 68.8 cm³/mol. The van der Waals surface area contributed by atoms with E-state index in [0.717, 1.165) is 25.0 Å². The highest BCUT2D eigenvalue weighted by molar-refractivity contribution is 6.52. The average molecular weight is 294 g/mol. The average Bonchev–Trinajstić information content (AvgIpc) is 3.24. The molecule has 1 fully saturated rings. The van der Waals surface area contributed by atoms with Gasteiger partial charge in [-0.05, 0) is 30.9 Å². The molecule has 0 aromatic heterocycles. The summed E-state index contributed by atoms with van der Waals surface area (Å²) in [6.45, 7) is -0.00202. The zero-order valence-electron chi connectivity index (χ0n) is 11.0. The van der Waals surface area contributed by atoms with E-state index in [9.17, 15) is 23.2 Å². The molecule has 1 aromatic carbocycles. The van der Waals surface area contributed by atoms with Crippen molar-refractivity contribution in [2.75, 3.05) is 18.0 Å². The zero-order chi connectivity index (χ0) is 15.1. The van der Waals surface area contributed by atoms with E-state index in [0.29, 0.717) is 17.4 Å². The summed E-state index contributed by atoms with van der Waals surface area (Å²) in [5, 5.41) is 2.61. The third kappa shape index (κ3) is 2.39. The van der Waals surface area contributed by atoms with Crippen LogP contribution in [0.15, 0.2) is 12.1 Å². The summed E-state index contributed by atoms with van der Waals surface area (Å²) in [4.78, 5) is 36.0. The van der Waals surface area contributed by atoms with Crippen molar-refractivity contribution in [2.24, 2.45) is 5.92 Å². The van der Waals surface area contributed by atoms with Crippen molar-refractivity contribution in [3.63, 3.8) is 0 Å². The van der Waals surface area contributed by atoms with E-state index in [-0.39, 0.29) is 0 Å². The Hall–Kier alpha value is -2.31. The van der Waals surface area contributed by atoms with Gasteiger partial charge in [0.15, 0.2) is 0 Å². The number of carbonyl (C=O) groups is 3. The van der Waals surface area contributed by atoms with Gasteiger partial charge >= 0.3 is 0 Å². The third-order valence-electron chi connectivity index (χ3n) is 3.60. The number of carbonyl (C=O) groups excluding carboxylic acids is 3. The van der Waals surface area contributed by atoms with Crippen LogP contribution in [-0.4, -0.2) is 30.7 Å². The van der Waals surface area contributed by atoms with Crippen LogP contribution >= 0.6 is 0 Å².